The lowest BCUT2D eigenvalue weighted by molar-refractivity contribution is 0.102. The summed E-state index contributed by atoms with van der Waals surface area (Å²) >= 11 is 6.77. The zero-order valence-corrected chi connectivity index (χ0v) is 14.2. The monoisotopic (exact) mass is 397 g/mol. The van der Waals surface area contributed by atoms with Crippen molar-refractivity contribution in [3.05, 3.63) is 56.5 Å². The van der Waals surface area contributed by atoms with Gasteiger partial charge in [-0.3, -0.25) is 4.79 Å². The van der Waals surface area contributed by atoms with Gasteiger partial charge in [0.2, 0.25) is 0 Å². The molecule has 0 aromatic heterocycles. The first-order chi connectivity index (χ1) is 9.49. The molecule has 0 fully saturated rings. The van der Waals surface area contributed by atoms with Gasteiger partial charge in [-0.2, -0.15) is 0 Å². The molecule has 0 aliphatic rings. The number of amides is 1. The highest BCUT2D eigenvalue weighted by Gasteiger charge is 2.13. The topological polar surface area (TPSA) is 38.3 Å². The lowest BCUT2D eigenvalue weighted by Gasteiger charge is -2.10. The second-order valence-corrected chi connectivity index (χ2v) is 6.15. The molecule has 0 spiro atoms. The van der Waals surface area contributed by atoms with Gasteiger partial charge in [-0.15, -0.1) is 0 Å². The van der Waals surface area contributed by atoms with E-state index >= 15 is 0 Å². The fourth-order valence-electron chi connectivity index (χ4n) is 1.86. The van der Waals surface area contributed by atoms with E-state index in [1.54, 1.807) is 19.2 Å². The van der Waals surface area contributed by atoms with E-state index in [9.17, 15) is 4.79 Å². The van der Waals surface area contributed by atoms with E-state index in [4.69, 9.17) is 4.74 Å². The highest BCUT2D eigenvalue weighted by Crippen LogP contribution is 2.25. The number of anilines is 1. The SMILES string of the molecule is COc1cc(Br)ccc1C(=O)Nc1cc(C)cc(Br)c1. The van der Waals surface area contributed by atoms with Crippen molar-refractivity contribution in [2.24, 2.45) is 0 Å². The largest absolute Gasteiger partial charge is 0.496 e. The van der Waals surface area contributed by atoms with Crippen molar-refractivity contribution >= 4 is 43.5 Å². The molecular formula is C15H13Br2NO2. The zero-order valence-electron chi connectivity index (χ0n) is 11.0. The highest BCUT2D eigenvalue weighted by molar-refractivity contribution is 9.10. The summed E-state index contributed by atoms with van der Waals surface area (Å²) < 4.78 is 7.02. The number of carbonyl (C=O) groups excluding carboxylic acids is 1. The van der Waals surface area contributed by atoms with Gasteiger partial charge in [0.1, 0.15) is 5.75 Å². The molecule has 2 rings (SSSR count). The Bertz CT molecular complexity index is 636. The number of hydrogen-bond donors (Lipinski definition) is 1. The predicted molar refractivity (Wildman–Crippen MR) is 87.5 cm³/mol. The molecule has 104 valence electrons. The number of halogens is 2. The number of carbonyl (C=O) groups is 1. The van der Waals surface area contributed by atoms with Crippen LogP contribution in [-0.4, -0.2) is 13.0 Å². The number of nitrogens with one attached hydrogen (secondary N) is 1. The van der Waals surface area contributed by atoms with Gasteiger partial charge in [-0.1, -0.05) is 31.9 Å². The molecule has 0 aliphatic carbocycles. The van der Waals surface area contributed by atoms with E-state index in [0.29, 0.717) is 11.3 Å². The Morgan fingerprint density at radius 3 is 2.50 bits per heavy atom. The Kier molecular flexibility index (Phi) is 4.83. The minimum absolute atomic E-state index is 0.202. The van der Waals surface area contributed by atoms with Crippen LogP contribution in [0.4, 0.5) is 5.69 Å². The maximum absolute atomic E-state index is 12.3. The van der Waals surface area contributed by atoms with Gasteiger partial charge in [0.25, 0.3) is 5.91 Å². The maximum atomic E-state index is 12.3. The molecule has 1 amide bonds. The second kappa shape index (κ2) is 6.41. The Hall–Kier alpha value is -1.33. The fourth-order valence-corrected chi connectivity index (χ4v) is 2.81. The van der Waals surface area contributed by atoms with Gasteiger partial charge >= 0.3 is 0 Å². The van der Waals surface area contributed by atoms with Crippen LogP contribution in [0.15, 0.2) is 45.3 Å². The third-order valence-corrected chi connectivity index (χ3v) is 3.66. The molecule has 0 unspecified atom stereocenters. The molecule has 1 N–H and O–H groups in total. The van der Waals surface area contributed by atoms with Crippen molar-refractivity contribution in [3.8, 4) is 5.75 Å². The van der Waals surface area contributed by atoms with Crippen molar-refractivity contribution in [2.75, 3.05) is 12.4 Å². The fraction of sp³-hybridized carbons (Fsp3) is 0.133. The molecule has 2 aromatic carbocycles. The van der Waals surface area contributed by atoms with Gasteiger partial charge in [0, 0.05) is 14.6 Å². The van der Waals surface area contributed by atoms with Gasteiger partial charge in [-0.05, 0) is 48.9 Å². The predicted octanol–water partition coefficient (Wildman–Crippen LogP) is 4.78. The minimum atomic E-state index is -0.202. The second-order valence-electron chi connectivity index (χ2n) is 4.32. The number of benzene rings is 2. The maximum Gasteiger partial charge on any atom is 0.259 e. The third kappa shape index (κ3) is 3.61. The number of ether oxygens (including phenoxy) is 1. The molecule has 0 bridgehead atoms. The van der Waals surface area contributed by atoms with Crippen LogP contribution in [-0.2, 0) is 0 Å². The number of hydrogen-bond acceptors (Lipinski definition) is 2. The van der Waals surface area contributed by atoms with Crippen molar-refractivity contribution in [1.29, 1.82) is 0 Å². The van der Waals surface area contributed by atoms with E-state index in [1.165, 1.54) is 0 Å². The van der Waals surface area contributed by atoms with Crippen LogP contribution in [0.5, 0.6) is 5.75 Å². The van der Waals surface area contributed by atoms with E-state index in [2.05, 4.69) is 37.2 Å². The van der Waals surface area contributed by atoms with Gasteiger partial charge in [0.15, 0.2) is 0 Å². The van der Waals surface area contributed by atoms with Crippen molar-refractivity contribution in [2.45, 2.75) is 6.92 Å². The van der Waals surface area contributed by atoms with E-state index in [1.807, 2.05) is 31.2 Å². The zero-order chi connectivity index (χ0) is 14.7. The van der Waals surface area contributed by atoms with Crippen LogP contribution in [0.3, 0.4) is 0 Å². The highest BCUT2D eigenvalue weighted by atomic mass is 79.9. The van der Waals surface area contributed by atoms with Crippen molar-refractivity contribution < 1.29 is 9.53 Å². The Labute approximate surface area is 134 Å². The van der Waals surface area contributed by atoms with Crippen LogP contribution in [0.2, 0.25) is 0 Å². The summed E-state index contributed by atoms with van der Waals surface area (Å²) in [7, 11) is 1.54. The first-order valence-electron chi connectivity index (χ1n) is 5.91. The van der Waals surface area contributed by atoms with Gasteiger partial charge < -0.3 is 10.1 Å². The van der Waals surface area contributed by atoms with Crippen molar-refractivity contribution in [1.82, 2.24) is 0 Å². The molecule has 0 saturated carbocycles. The average Bonchev–Trinajstić information content (AvgIpc) is 2.37. The molecule has 0 atom stereocenters. The smallest absolute Gasteiger partial charge is 0.259 e. The van der Waals surface area contributed by atoms with Crippen LogP contribution < -0.4 is 10.1 Å². The molecule has 2 aromatic rings. The lowest BCUT2D eigenvalue weighted by Crippen LogP contribution is -2.13. The Morgan fingerprint density at radius 2 is 1.85 bits per heavy atom. The summed E-state index contributed by atoms with van der Waals surface area (Å²) in [6.07, 6.45) is 0. The number of rotatable bonds is 3. The average molecular weight is 399 g/mol. The van der Waals surface area contributed by atoms with Gasteiger partial charge in [0.05, 0.1) is 12.7 Å². The molecule has 3 nitrogen and oxygen atoms in total. The third-order valence-electron chi connectivity index (χ3n) is 2.71. The van der Waals surface area contributed by atoms with Crippen LogP contribution in [0.25, 0.3) is 0 Å². The normalized spacial score (nSPS) is 10.2. The van der Waals surface area contributed by atoms with E-state index < -0.39 is 0 Å². The molecule has 0 saturated heterocycles. The molecule has 20 heavy (non-hydrogen) atoms. The summed E-state index contributed by atoms with van der Waals surface area (Å²) in [5, 5.41) is 2.87. The molecule has 0 heterocycles. The van der Waals surface area contributed by atoms with Crippen LogP contribution in [0.1, 0.15) is 15.9 Å². The molecule has 0 aliphatic heterocycles. The molecular weight excluding hydrogens is 386 g/mol. The Balaban J connectivity index is 2.28. The van der Waals surface area contributed by atoms with Crippen LogP contribution in [0, 0.1) is 6.92 Å². The quantitative estimate of drug-likeness (QED) is 0.807. The van der Waals surface area contributed by atoms with Crippen molar-refractivity contribution in [3.63, 3.8) is 0 Å². The standard InChI is InChI=1S/C15H13Br2NO2/c1-9-5-11(17)7-12(6-9)18-15(19)13-4-3-10(16)8-14(13)20-2/h3-8H,1-2H3,(H,18,19). The summed E-state index contributed by atoms with van der Waals surface area (Å²) in [6, 6.07) is 11.0. The summed E-state index contributed by atoms with van der Waals surface area (Å²) in [4.78, 5) is 12.3. The number of aryl methyl sites for hydroxylation is 1. The summed E-state index contributed by atoms with van der Waals surface area (Å²) in [6.45, 7) is 1.97. The summed E-state index contributed by atoms with van der Waals surface area (Å²) in [5.74, 6) is 0.329. The summed E-state index contributed by atoms with van der Waals surface area (Å²) in [5.41, 5.74) is 2.30. The van der Waals surface area contributed by atoms with E-state index in [-0.39, 0.29) is 5.91 Å². The van der Waals surface area contributed by atoms with E-state index in [0.717, 1.165) is 20.2 Å². The number of methoxy groups -OCH3 is 1. The minimum Gasteiger partial charge on any atom is -0.496 e. The first-order valence-corrected chi connectivity index (χ1v) is 7.50. The van der Waals surface area contributed by atoms with Gasteiger partial charge in [-0.25, -0.2) is 0 Å². The molecule has 5 heteroatoms. The lowest BCUT2D eigenvalue weighted by atomic mass is 10.1. The molecule has 0 radical (unpaired) electrons. The Morgan fingerprint density at radius 1 is 1.10 bits per heavy atom. The van der Waals surface area contributed by atoms with Crippen LogP contribution >= 0.6 is 31.9 Å². The first kappa shape index (κ1) is 15.1.